The van der Waals surface area contributed by atoms with Crippen LogP contribution in [0.4, 0.5) is 4.79 Å². The van der Waals surface area contributed by atoms with Crippen molar-refractivity contribution in [3.8, 4) is 5.75 Å². The smallest absolute Gasteiger partial charge is 0.318 e. The SMILES string of the molecule is COc1cccc(C2CN(C3CCNC3)C(=O)N2)c1. The van der Waals surface area contributed by atoms with Crippen molar-refractivity contribution in [1.82, 2.24) is 15.5 Å². The van der Waals surface area contributed by atoms with E-state index in [4.69, 9.17) is 4.74 Å². The van der Waals surface area contributed by atoms with Crippen molar-refractivity contribution < 1.29 is 9.53 Å². The van der Waals surface area contributed by atoms with Gasteiger partial charge in [0.05, 0.1) is 13.2 Å². The quantitative estimate of drug-likeness (QED) is 0.857. The second kappa shape index (κ2) is 5.09. The number of nitrogens with one attached hydrogen (secondary N) is 2. The van der Waals surface area contributed by atoms with Crippen LogP contribution in [0, 0.1) is 0 Å². The third kappa shape index (κ3) is 2.38. The van der Waals surface area contributed by atoms with E-state index in [1.807, 2.05) is 29.2 Å². The first-order chi connectivity index (χ1) is 9.28. The van der Waals surface area contributed by atoms with Crippen LogP contribution in [0.1, 0.15) is 18.0 Å². The van der Waals surface area contributed by atoms with Crippen LogP contribution in [0.5, 0.6) is 5.75 Å². The molecule has 19 heavy (non-hydrogen) atoms. The summed E-state index contributed by atoms with van der Waals surface area (Å²) in [6, 6.07) is 8.32. The second-order valence-corrected chi connectivity index (χ2v) is 5.08. The molecular formula is C14H19N3O2. The lowest BCUT2D eigenvalue weighted by atomic mass is 10.1. The Morgan fingerprint density at radius 1 is 1.42 bits per heavy atom. The fourth-order valence-corrected chi connectivity index (χ4v) is 2.82. The number of rotatable bonds is 3. The first-order valence-corrected chi connectivity index (χ1v) is 6.70. The van der Waals surface area contributed by atoms with E-state index in [-0.39, 0.29) is 12.1 Å². The Kier molecular flexibility index (Phi) is 3.29. The number of amides is 2. The summed E-state index contributed by atoms with van der Waals surface area (Å²) in [7, 11) is 1.66. The molecule has 0 radical (unpaired) electrons. The molecule has 0 bridgehead atoms. The van der Waals surface area contributed by atoms with E-state index >= 15 is 0 Å². The molecule has 102 valence electrons. The molecule has 1 aromatic carbocycles. The molecule has 1 aromatic rings. The molecule has 5 heteroatoms. The van der Waals surface area contributed by atoms with Crippen molar-refractivity contribution in [2.24, 2.45) is 0 Å². The number of hydrogen-bond acceptors (Lipinski definition) is 3. The van der Waals surface area contributed by atoms with E-state index in [9.17, 15) is 4.79 Å². The van der Waals surface area contributed by atoms with Gasteiger partial charge in [-0.25, -0.2) is 4.79 Å². The molecule has 0 aliphatic carbocycles. The lowest BCUT2D eigenvalue weighted by Gasteiger charge is -2.21. The molecule has 5 nitrogen and oxygen atoms in total. The number of urea groups is 1. The van der Waals surface area contributed by atoms with Gasteiger partial charge in [-0.3, -0.25) is 0 Å². The monoisotopic (exact) mass is 261 g/mol. The lowest BCUT2D eigenvalue weighted by Crippen LogP contribution is -2.39. The molecular weight excluding hydrogens is 242 g/mol. The molecule has 2 aliphatic rings. The summed E-state index contributed by atoms with van der Waals surface area (Å²) in [4.78, 5) is 14.0. The second-order valence-electron chi connectivity index (χ2n) is 5.08. The molecule has 3 rings (SSSR count). The average Bonchev–Trinajstić information content (AvgIpc) is 3.07. The van der Waals surface area contributed by atoms with Crippen molar-refractivity contribution in [3.05, 3.63) is 29.8 Å². The Balaban J connectivity index is 1.74. The van der Waals surface area contributed by atoms with Gasteiger partial charge in [-0.2, -0.15) is 0 Å². The van der Waals surface area contributed by atoms with E-state index in [1.54, 1.807) is 7.11 Å². The standard InChI is InChI=1S/C14H19N3O2/c1-19-12-4-2-3-10(7-12)13-9-17(14(18)16-13)11-5-6-15-8-11/h2-4,7,11,13,15H,5-6,8-9H2,1H3,(H,16,18). The molecule has 0 spiro atoms. The number of benzene rings is 1. The van der Waals surface area contributed by atoms with Gasteiger partial charge in [-0.05, 0) is 30.7 Å². The van der Waals surface area contributed by atoms with Crippen LogP contribution in [0.25, 0.3) is 0 Å². The topological polar surface area (TPSA) is 53.6 Å². The van der Waals surface area contributed by atoms with Crippen LogP contribution in [-0.2, 0) is 0 Å². The Bertz CT molecular complexity index is 472. The zero-order valence-corrected chi connectivity index (χ0v) is 11.1. The Morgan fingerprint density at radius 3 is 3.05 bits per heavy atom. The van der Waals surface area contributed by atoms with Crippen molar-refractivity contribution >= 4 is 6.03 Å². The Morgan fingerprint density at radius 2 is 2.32 bits per heavy atom. The number of nitrogens with zero attached hydrogens (tertiary/aromatic N) is 1. The highest BCUT2D eigenvalue weighted by atomic mass is 16.5. The van der Waals surface area contributed by atoms with Gasteiger partial charge in [0.1, 0.15) is 5.75 Å². The number of ether oxygens (including phenoxy) is 1. The number of carbonyl (C=O) groups is 1. The van der Waals surface area contributed by atoms with Crippen molar-refractivity contribution in [1.29, 1.82) is 0 Å². The normalized spacial score (nSPS) is 26.6. The van der Waals surface area contributed by atoms with E-state index in [2.05, 4.69) is 10.6 Å². The van der Waals surface area contributed by atoms with E-state index < -0.39 is 0 Å². The van der Waals surface area contributed by atoms with Gasteiger partial charge in [0.15, 0.2) is 0 Å². The molecule has 0 aromatic heterocycles. The largest absolute Gasteiger partial charge is 0.497 e. The minimum atomic E-state index is 0.0431. The summed E-state index contributed by atoms with van der Waals surface area (Å²) in [6.07, 6.45) is 1.04. The van der Waals surface area contributed by atoms with E-state index in [1.165, 1.54) is 0 Å². The fourth-order valence-electron chi connectivity index (χ4n) is 2.82. The first kappa shape index (κ1) is 12.3. The molecule has 0 saturated carbocycles. The number of carbonyl (C=O) groups excluding carboxylic acids is 1. The van der Waals surface area contributed by atoms with Crippen molar-refractivity contribution in [2.75, 3.05) is 26.7 Å². The highest BCUT2D eigenvalue weighted by Crippen LogP contribution is 2.25. The van der Waals surface area contributed by atoms with Gasteiger partial charge in [-0.15, -0.1) is 0 Å². The summed E-state index contributed by atoms with van der Waals surface area (Å²) < 4.78 is 5.23. The summed E-state index contributed by atoms with van der Waals surface area (Å²) in [5.41, 5.74) is 1.10. The summed E-state index contributed by atoms with van der Waals surface area (Å²) in [6.45, 7) is 2.63. The third-order valence-electron chi connectivity index (χ3n) is 3.91. The summed E-state index contributed by atoms with van der Waals surface area (Å²) in [5, 5.41) is 6.35. The van der Waals surface area contributed by atoms with Gasteiger partial charge in [0.25, 0.3) is 0 Å². The van der Waals surface area contributed by atoms with Gasteiger partial charge >= 0.3 is 6.03 Å². The van der Waals surface area contributed by atoms with Crippen LogP contribution >= 0.6 is 0 Å². The maximum atomic E-state index is 12.1. The molecule has 2 heterocycles. The van der Waals surface area contributed by atoms with Gasteiger partial charge in [-0.1, -0.05) is 12.1 Å². The predicted octanol–water partition coefficient (Wildman–Crippen LogP) is 1.12. The molecule has 2 saturated heterocycles. The fraction of sp³-hybridized carbons (Fsp3) is 0.500. The van der Waals surface area contributed by atoms with Gasteiger partial charge in [0.2, 0.25) is 0 Å². The minimum absolute atomic E-state index is 0.0431. The van der Waals surface area contributed by atoms with Gasteiger partial charge < -0.3 is 20.3 Å². The zero-order valence-electron chi connectivity index (χ0n) is 11.1. The predicted molar refractivity (Wildman–Crippen MR) is 72.2 cm³/mol. The Labute approximate surface area is 112 Å². The van der Waals surface area contributed by atoms with Crippen LogP contribution in [0.2, 0.25) is 0 Å². The van der Waals surface area contributed by atoms with Crippen molar-refractivity contribution in [2.45, 2.75) is 18.5 Å². The maximum absolute atomic E-state index is 12.1. The third-order valence-corrected chi connectivity index (χ3v) is 3.91. The molecule has 2 atom stereocenters. The van der Waals surface area contributed by atoms with Crippen LogP contribution in [-0.4, -0.2) is 43.7 Å². The first-order valence-electron chi connectivity index (χ1n) is 6.70. The number of methoxy groups -OCH3 is 1. The molecule has 2 N–H and O–H groups in total. The zero-order chi connectivity index (χ0) is 13.2. The molecule has 2 fully saturated rings. The van der Waals surface area contributed by atoms with Crippen LogP contribution in [0.15, 0.2) is 24.3 Å². The van der Waals surface area contributed by atoms with Crippen LogP contribution < -0.4 is 15.4 Å². The summed E-state index contributed by atoms with van der Waals surface area (Å²) >= 11 is 0. The highest BCUT2D eigenvalue weighted by molar-refractivity contribution is 5.77. The maximum Gasteiger partial charge on any atom is 0.318 e. The Hall–Kier alpha value is -1.75. The minimum Gasteiger partial charge on any atom is -0.497 e. The molecule has 2 amide bonds. The number of hydrogen-bond donors (Lipinski definition) is 2. The lowest BCUT2D eigenvalue weighted by molar-refractivity contribution is 0.201. The average molecular weight is 261 g/mol. The van der Waals surface area contributed by atoms with Crippen LogP contribution in [0.3, 0.4) is 0 Å². The molecule has 2 unspecified atom stereocenters. The molecule has 2 aliphatic heterocycles. The summed E-state index contributed by atoms with van der Waals surface area (Å²) in [5.74, 6) is 0.827. The van der Waals surface area contributed by atoms with Gasteiger partial charge in [0, 0.05) is 19.1 Å². The van der Waals surface area contributed by atoms with Crippen molar-refractivity contribution in [3.63, 3.8) is 0 Å². The van der Waals surface area contributed by atoms with E-state index in [0.717, 1.165) is 37.4 Å². The highest BCUT2D eigenvalue weighted by Gasteiger charge is 2.35. The van der Waals surface area contributed by atoms with E-state index in [0.29, 0.717) is 6.04 Å².